The van der Waals surface area contributed by atoms with Crippen molar-refractivity contribution in [2.45, 2.75) is 6.54 Å². The molecule has 0 saturated heterocycles. The summed E-state index contributed by atoms with van der Waals surface area (Å²) in [4.78, 5) is 15.9. The molecule has 0 fully saturated rings. The zero-order chi connectivity index (χ0) is 13.8. The van der Waals surface area contributed by atoms with Crippen molar-refractivity contribution in [1.29, 1.82) is 0 Å². The fourth-order valence-corrected chi connectivity index (χ4v) is 1.77. The molecule has 6 heteroatoms. The molecule has 0 aliphatic rings. The molecule has 2 aromatic rings. The molecule has 0 radical (unpaired) electrons. The van der Waals surface area contributed by atoms with Crippen LogP contribution in [-0.2, 0) is 11.3 Å². The summed E-state index contributed by atoms with van der Waals surface area (Å²) in [6, 6.07) is 7.02. The smallest absolute Gasteiger partial charge is 0.354 e. The third-order valence-corrected chi connectivity index (χ3v) is 2.63. The number of methoxy groups -OCH3 is 2. The van der Waals surface area contributed by atoms with Crippen molar-refractivity contribution in [1.82, 2.24) is 9.55 Å². The standard InChI is InChI=1S/C13H15N3O3/c1-18-12-5-3-4-10(15-12)8-16-7-9(14)6-11(16)13(17)19-2/h3-7H,8,14H2,1-2H3. The van der Waals surface area contributed by atoms with Gasteiger partial charge in [0.1, 0.15) is 5.69 Å². The third-order valence-electron chi connectivity index (χ3n) is 2.63. The average molecular weight is 261 g/mol. The van der Waals surface area contributed by atoms with Crippen molar-refractivity contribution in [3.05, 3.63) is 41.9 Å². The lowest BCUT2D eigenvalue weighted by Crippen LogP contribution is -2.11. The van der Waals surface area contributed by atoms with Gasteiger partial charge in [0.05, 0.1) is 32.1 Å². The molecule has 2 heterocycles. The van der Waals surface area contributed by atoms with E-state index in [0.717, 1.165) is 5.69 Å². The van der Waals surface area contributed by atoms with E-state index in [4.69, 9.17) is 15.2 Å². The average Bonchev–Trinajstić information content (AvgIpc) is 2.79. The van der Waals surface area contributed by atoms with Crippen LogP contribution >= 0.6 is 0 Å². The van der Waals surface area contributed by atoms with Gasteiger partial charge in [-0.25, -0.2) is 9.78 Å². The molecule has 0 amide bonds. The maximum absolute atomic E-state index is 11.6. The van der Waals surface area contributed by atoms with E-state index in [0.29, 0.717) is 23.8 Å². The van der Waals surface area contributed by atoms with Crippen LogP contribution < -0.4 is 10.5 Å². The summed E-state index contributed by atoms with van der Waals surface area (Å²) in [5.41, 5.74) is 7.37. The monoisotopic (exact) mass is 261 g/mol. The maximum Gasteiger partial charge on any atom is 0.354 e. The molecule has 19 heavy (non-hydrogen) atoms. The molecule has 2 N–H and O–H groups in total. The van der Waals surface area contributed by atoms with E-state index in [1.165, 1.54) is 7.11 Å². The highest BCUT2D eigenvalue weighted by atomic mass is 16.5. The minimum atomic E-state index is -0.431. The summed E-state index contributed by atoms with van der Waals surface area (Å²) in [7, 11) is 2.89. The highest BCUT2D eigenvalue weighted by Crippen LogP contribution is 2.15. The van der Waals surface area contributed by atoms with E-state index in [1.54, 1.807) is 30.0 Å². The molecule has 0 spiro atoms. The van der Waals surface area contributed by atoms with Crippen LogP contribution in [0.25, 0.3) is 0 Å². The van der Waals surface area contributed by atoms with E-state index < -0.39 is 5.97 Å². The van der Waals surface area contributed by atoms with Gasteiger partial charge in [-0.1, -0.05) is 6.07 Å². The lowest BCUT2D eigenvalue weighted by Gasteiger charge is -2.08. The predicted octanol–water partition coefficient (Wildman–Crippen LogP) is 1.31. The highest BCUT2D eigenvalue weighted by molar-refractivity contribution is 5.89. The Hall–Kier alpha value is -2.50. The van der Waals surface area contributed by atoms with Crippen LogP contribution in [0.1, 0.15) is 16.2 Å². The molecular formula is C13H15N3O3. The van der Waals surface area contributed by atoms with E-state index in [2.05, 4.69) is 4.98 Å². The van der Waals surface area contributed by atoms with Crippen LogP contribution in [0.4, 0.5) is 5.69 Å². The molecular weight excluding hydrogens is 246 g/mol. The number of esters is 1. The molecule has 2 aromatic heterocycles. The summed E-state index contributed by atoms with van der Waals surface area (Å²) in [5, 5.41) is 0. The quantitative estimate of drug-likeness (QED) is 0.839. The Kier molecular flexibility index (Phi) is 3.70. The molecule has 0 aliphatic heterocycles. The fourth-order valence-electron chi connectivity index (χ4n) is 1.77. The Balaban J connectivity index is 2.29. The number of aromatic nitrogens is 2. The summed E-state index contributed by atoms with van der Waals surface area (Å²) in [6.45, 7) is 0.416. The van der Waals surface area contributed by atoms with Gasteiger partial charge in [0.15, 0.2) is 0 Å². The van der Waals surface area contributed by atoms with Crippen LogP contribution in [-0.4, -0.2) is 29.7 Å². The summed E-state index contributed by atoms with van der Waals surface area (Å²) >= 11 is 0. The van der Waals surface area contributed by atoms with Crippen LogP contribution in [0, 0.1) is 0 Å². The number of carbonyl (C=O) groups is 1. The first-order valence-electron chi connectivity index (χ1n) is 5.68. The molecule has 0 aliphatic carbocycles. The number of nitrogen functional groups attached to an aromatic ring is 1. The summed E-state index contributed by atoms with van der Waals surface area (Å²) in [5.74, 6) is 0.0943. The van der Waals surface area contributed by atoms with E-state index >= 15 is 0 Å². The Morgan fingerprint density at radius 3 is 2.89 bits per heavy atom. The molecule has 0 unspecified atom stereocenters. The van der Waals surface area contributed by atoms with Crippen molar-refractivity contribution in [3.63, 3.8) is 0 Å². The van der Waals surface area contributed by atoms with Gasteiger partial charge in [-0.15, -0.1) is 0 Å². The van der Waals surface area contributed by atoms with Gasteiger partial charge < -0.3 is 19.8 Å². The first-order chi connectivity index (χ1) is 9.13. The number of carbonyl (C=O) groups excluding carboxylic acids is 1. The van der Waals surface area contributed by atoms with Crippen molar-refractivity contribution in [2.75, 3.05) is 20.0 Å². The van der Waals surface area contributed by atoms with Gasteiger partial charge in [0.2, 0.25) is 5.88 Å². The zero-order valence-electron chi connectivity index (χ0n) is 10.8. The summed E-state index contributed by atoms with van der Waals surface area (Å²) < 4.78 is 11.5. The van der Waals surface area contributed by atoms with Gasteiger partial charge in [0, 0.05) is 12.3 Å². The number of rotatable bonds is 4. The van der Waals surface area contributed by atoms with Gasteiger partial charge in [-0.2, -0.15) is 0 Å². The molecule has 0 aromatic carbocycles. The second kappa shape index (κ2) is 5.43. The minimum absolute atomic E-state index is 0.393. The Morgan fingerprint density at radius 1 is 1.42 bits per heavy atom. The topological polar surface area (TPSA) is 79.4 Å². The zero-order valence-corrected chi connectivity index (χ0v) is 10.8. The molecule has 0 saturated carbocycles. The van der Waals surface area contributed by atoms with E-state index in [1.807, 2.05) is 12.1 Å². The van der Waals surface area contributed by atoms with Gasteiger partial charge in [0.25, 0.3) is 0 Å². The molecule has 2 rings (SSSR count). The fraction of sp³-hybridized carbons (Fsp3) is 0.231. The van der Waals surface area contributed by atoms with Gasteiger partial charge in [-0.3, -0.25) is 0 Å². The minimum Gasteiger partial charge on any atom is -0.481 e. The number of nitrogens with zero attached hydrogens (tertiary/aromatic N) is 2. The van der Waals surface area contributed by atoms with Crippen LogP contribution in [0.2, 0.25) is 0 Å². The van der Waals surface area contributed by atoms with Crippen molar-refractivity contribution < 1.29 is 14.3 Å². The number of hydrogen-bond acceptors (Lipinski definition) is 5. The van der Waals surface area contributed by atoms with E-state index in [9.17, 15) is 4.79 Å². The molecule has 0 atom stereocenters. The molecule has 6 nitrogen and oxygen atoms in total. The number of hydrogen-bond donors (Lipinski definition) is 1. The normalized spacial score (nSPS) is 10.2. The van der Waals surface area contributed by atoms with Crippen LogP contribution in [0.15, 0.2) is 30.5 Å². The number of pyridine rings is 1. The van der Waals surface area contributed by atoms with Crippen molar-refractivity contribution in [2.24, 2.45) is 0 Å². The van der Waals surface area contributed by atoms with Crippen molar-refractivity contribution in [3.8, 4) is 5.88 Å². The van der Waals surface area contributed by atoms with Crippen LogP contribution in [0.5, 0.6) is 5.88 Å². The number of ether oxygens (including phenoxy) is 2. The lowest BCUT2D eigenvalue weighted by atomic mass is 10.3. The molecule has 0 bridgehead atoms. The first-order valence-corrected chi connectivity index (χ1v) is 5.68. The number of anilines is 1. The first kappa shape index (κ1) is 12.9. The second-order valence-electron chi connectivity index (χ2n) is 3.95. The second-order valence-corrected chi connectivity index (χ2v) is 3.95. The maximum atomic E-state index is 11.6. The highest BCUT2D eigenvalue weighted by Gasteiger charge is 2.13. The van der Waals surface area contributed by atoms with Crippen LogP contribution in [0.3, 0.4) is 0 Å². The Labute approximate surface area is 110 Å². The van der Waals surface area contributed by atoms with Crippen molar-refractivity contribution >= 4 is 11.7 Å². The SMILES string of the molecule is COC(=O)c1cc(N)cn1Cc1cccc(OC)n1. The number of nitrogens with two attached hydrogens (primary N) is 1. The third kappa shape index (κ3) is 2.85. The van der Waals surface area contributed by atoms with Gasteiger partial charge >= 0.3 is 5.97 Å². The van der Waals surface area contributed by atoms with E-state index in [-0.39, 0.29) is 0 Å². The Morgan fingerprint density at radius 2 is 2.21 bits per heavy atom. The lowest BCUT2D eigenvalue weighted by molar-refractivity contribution is 0.0589. The Bertz CT molecular complexity index is 593. The largest absolute Gasteiger partial charge is 0.481 e. The van der Waals surface area contributed by atoms with Gasteiger partial charge in [-0.05, 0) is 12.1 Å². The predicted molar refractivity (Wildman–Crippen MR) is 70.1 cm³/mol. The molecule has 100 valence electrons. The summed E-state index contributed by atoms with van der Waals surface area (Å²) in [6.07, 6.45) is 1.67.